The largest absolute Gasteiger partial charge is 0.376 e. The third-order valence-electron chi connectivity index (χ3n) is 5.74. The average molecular weight is 530 g/mol. The quantitative estimate of drug-likeness (QED) is 0.431. The van der Waals surface area contributed by atoms with Crippen LogP contribution in [0.2, 0.25) is 5.02 Å². The fraction of sp³-hybridized carbons (Fsp3) is 0.269. The molecule has 1 aliphatic rings. The van der Waals surface area contributed by atoms with E-state index in [0.717, 1.165) is 18.9 Å². The molecule has 1 aliphatic heterocycles. The first-order valence-corrected chi connectivity index (χ1v) is 12.7. The Balaban J connectivity index is 1.65. The molecule has 4 rings (SSSR count). The van der Waals surface area contributed by atoms with E-state index < -0.39 is 29.6 Å². The topological polar surface area (TPSA) is 87.7 Å². The van der Waals surface area contributed by atoms with Gasteiger partial charge in [-0.25, -0.2) is 4.39 Å². The van der Waals surface area contributed by atoms with E-state index in [4.69, 9.17) is 16.3 Å². The summed E-state index contributed by atoms with van der Waals surface area (Å²) in [5.41, 5.74) is 0.763. The van der Waals surface area contributed by atoms with Gasteiger partial charge in [0.1, 0.15) is 11.9 Å². The molecule has 0 aliphatic carbocycles. The van der Waals surface area contributed by atoms with Gasteiger partial charge < -0.3 is 15.4 Å². The first-order chi connectivity index (χ1) is 17.4. The van der Waals surface area contributed by atoms with Crippen molar-refractivity contribution in [2.75, 3.05) is 24.6 Å². The molecule has 2 aromatic carbocycles. The van der Waals surface area contributed by atoms with Gasteiger partial charge in [-0.1, -0.05) is 48.0 Å². The van der Waals surface area contributed by atoms with E-state index in [1.807, 2.05) is 0 Å². The molecule has 1 saturated heterocycles. The van der Waals surface area contributed by atoms with Gasteiger partial charge in [0.25, 0.3) is 5.91 Å². The van der Waals surface area contributed by atoms with E-state index in [1.165, 1.54) is 28.4 Å². The van der Waals surface area contributed by atoms with Crippen LogP contribution < -0.4 is 15.5 Å². The molecule has 2 atom stereocenters. The Hall–Kier alpha value is -3.27. The first kappa shape index (κ1) is 25.8. The number of amides is 3. The number of anilines is 1. The van der Waals surface area contributed by atoms with Crippen LogP contribution in [0.5, 0.6) is 0 Å². The van der Waals surface area contributed by atoms with Gasteiger partial charge in [0.05, 0.1) is 22.5 Å². The molecule has 10 heteroatoms. The molecule has 7 nitrogen and oxygen atoms in total. The Kier molecular flexibility index (Phi) is 8.69. The van der Waals surface area contributed by atoms with E-state index in [-0.39, 0.29) is 23.4 Å². The van der Waals surface area contributed by atoms with E-state index in [9.17, 15) is 18.8 Å². The van der Waals surface area contributed by atoms with Gasteiger partial charge in [0.2, 0.25) is 11.8 Å². The Morgan fingerprint density at radius 3 is 2.58 bits per heavy atom. The van der Waals surface area contributed by atoms with Crippen molar-refractivity contribution in [3.05, 3.63) is 87.3 Å². The first-order valence-electron chi connectivity index (χ1n) is 11.5. The Labute approximate surface area is 217 Å². The molecule has 3 aromatic rings. The number of ether oxygens (including phenoxy) is 1. The number of rotatable bonds is 9. The Morgan fingerprint density at radius 1 is 1.11 bits per heavy atom. The lowest BCUT2D eigenvalue weighted by Gasteiger charge is -2.32. The molecule has 188 valence electrons. The van der Waals surface area contributed by atoms with Gasteiger partial charge in [0.15, 0.2) is 0 Å². The number of hydrogen-bond donors (Lipinski definition) is 2. The van der Waals surface area contributed by atoms with Crippen LogP contribution in [-0.2, 0) is 14.3 Å². The summed E-state index contributed by atoms with van der Waals surface area (Å²) in [6.45, 7) is 0.558. The summed E-state index contributed by atoms with van der Waals surface area (Å²) in [6, 6.07) is 14.9. The second kappa shape index (κ2) is 12.1. The van der Waals surface area contributed by atoms with Crippen molar-refractivity contribution in [3.8, 4) is 0 Å². The number of benzene rings is 2. The lowest BCUT2D eigenvalue weighted by molar-refractivity contribution is -0.126. The summed E-state index contributed by atoms with van der Waals surface area (Å²) in [6.07, 6.45) is 1.66. The zero-order valence-electron chi connectivity index (χ0n) is 19.3. The molecule has 36 heavy (non-hydrogen) atoms. The molecule has 0 bridgehead atoms. The Bertz CT molecular complexity index is 1200. The molecule has 0 saturated carbocycles. The molecule has 0 spiro atoms. The molecule has 1 fully saturated rings. The molecule has 2 heterocycles. The van der Waals surface area contributed by atoms with Gasteiger partial charge in [-0.2, -0.15) is 0 Å². The van der Waals surface area contributed by atoms with Crippen molar-refractivity contribution in [3.63, 3.8) is 0 Å². The highest BCUT2D eigenvalue weighted by atomic mass is 35.5. The van der Waals surface area contributed by atoms with Crippen molar-refractivity contribution in [1.82, 2.24) is 10.6 Å². The van der Waals surface area contributed by atoms with Crippen molar-refractivity contribution >= 4 is 46.3 Å². The highest BCUT2D eigenvalue weighted by Gasteiger charge is 2.33. The molecule has 3 amide bonds. The van der Waals surface area contributed by atoms with Crippen LogP contribution in [0.25, 0.3) is 0 Å². The van der Waals surface area contributed by atoms with Crippen LogP contribution >= 0.6 is 22.9 Å². The van der Waals surface area contributed by atoms with Crippen LogP contribution in [0.1, 0.15) is 34.1 Å². The molecule has 2 unspecified atom stereocenters. The minimum atomic E-state index is -1.10. The van der Waals surface area contributed by atoms with E-state index >= 15 is 0 Å². The second-order valence-corrected chi connectivity index (χ2v) is 9.57. The number of nitrogens with one attached hydrogen (secondary N) is 2. The maximum Gasteiger partial charge on any atom is 0.261 e. The molecule has 2 N–H and O–H groups in total. The summed E-state index contributed by atoms with van der Waals surface area (Å²) in [7, 11) is 0. The normalized spacial score (nSPS) is 15.8. The number of hydrogen-bond acceptors (Lipinski definition) is 5. The molecule has 0 radical (unpaired) electrons. The standard InChI is InChI=1S/C26H25ClFN3O4S/c27-20-14-18(10-11-21(20)28)31(23(32)16-30-25(33)22-9-5-13-36-22)24(17-6-2-1-3-7-17)26(34)29-15-19-8-4-12-35-19/h1-3,5-7,9-11,13-14,19,24H,4,8,12,15-16H2,(H,29,34)(H,30,33). The maximum absolute atomic E-state index is 14.0. The zero-order valence-corrected chi connectivity index (χ0v) is 20.9. The third kappa shape index (κ3) is 6.29. The maximum atomic E-state index is 14.0. The number of halogens is 2. The number of carbonyl (C=O) groups is 3. The van der Waals surface area contributed by atoms with Crippen molar-refractivity contribution in [1.29, 1.82) is 0 Å². The summed E-state index contributed by atoms with van der Waals surface area (Å²) in [5.74, 6) is -2.06. The van der Waals surface area contributed by atoms with Gasteiger partial charge in [-0.05, 0) is 48.1 Å². The predicted octanol–water partition coefficient (Wildman–Crippen LogP) is 4.34. The SMILES string of the molecule is O=C(NCC(=O)N(c1ccc(F)c(Cl)c1)C(C(=O)NCC1CCCO1)c1ccccc1)c1cccs1. The average Bonchev–Trinajstić information content (AvgIpc) is 3.61. The lowest BCUT2D eigenvalue weighted by atomic mass is 10.0. The summed E-state index contributed by atoms with van der Waals surface area (Å²) < 4.78 is 19.6. The number of nitrogens with zero attached hydrogens (tertiary/aromatic N) is 1. The predicted molar refractivity (Wildman–Crippen MR) is 137 cm³/mol. The van der Waals surface area contributed by atoms with Crippen LogP contribution in [0.4, 0.5) is 10.1 Å². The highest BCUT2D eigenvalue weighted by Crippen LogP contribution is 2.31. The summed E-state index contributed by atoms with van der Waals surface area (Å²) >= 11 is 7.28. The monoisotopic (exact) mass is 529 g/mol. The van der Waals surface area contributed by atoms with Crippen LogP contribution in [0.3, 0.4) is 0 Å². The van der Waals surface area contributed by atoms with E-state index in [1.54, 1.807) is 47.8 Å². The smallest absolute Gasteiger partial charge is 0.261 e. The minimum absolute atomic E-state index is 0.0973. The van der Waals surface area contributed by atoms with E-state index in [0.29, 0.717) is 23.6 Å². The van der Waals surface area contributed by atoms with Crippen LogP contribution in [0.15, 0.2) is 66.0 Å². The summed E-state index contributed by atoms with van der Waals surface area (Å²) in [4.78, 5) is 41.3. The van der Waals surface area contributed by atoms with Crippen molar-refractivity contribution < 1.29 is 23.5 Å². The Morgan fingerprint density at radius 2 is 1.92 bits per heavy atom. The fourth-order valence-corrected chi connectivity index (χ4v) is 4.79. The van der Waals surface area contributed by atoms with Gasteiger partial charge in [-0.3, -0.25) is 19.3 Å². The van der Waals surface area contributed by atoms with Gasteiger partial charge in [0, 0.05) is 18.8 Å². The van der Waals surface area contributed by atoms with Gasteiger partial charge in [-0.15, -0.1) is 11.3 Å². The molecular formula is C26H25ClFN3O4S. The lowest BCUT2D eigenvalue weighted by Crippen LogP contribution is -2.48. The zero-order chi connectivity index (χ0) is 25.5. The van der Waals surface area contributed by atoms with Crippen molar-refractivity contribution in [2.24, 2.45) is 0 Å². The van der Waals surface area contributed by atoms with E-state index in [2.05, 4.69) is 10.6 Å². The number of carbonyl (C=O) groups excluding carboxylic acids is 3. The van der Waals surface area contributed by atoms with Crippen molar-refractivity contribution in [2.45, 2.75) is 25.0 Å². The number of thiophene rings is 1. The van der Waals surface area contributed by atoms with Gasteiger partial charge >= 0.3 is 0 Å². The minimum Gasteiger partial charge on any atom is -0.376 e. The third-order valence-corrected chi connectivity index (χ3v) is 6.90. The molecular weight excluding hydrogens is 505 g/mol. The highest BCUT2D eigenvalue weighted by molar-refractivity contribution is 7.12. The summed E-state index contributed by atoms with van der Waals surface area (Å²) in [5, 5.41) is 7.06. The molecule has 1 aromatic heterocycles. The van der Waals surface area contributed by atoms with Crippen LogP contribution in [0, 0.1) is 5.82 Å². The fourth-order valence-electron chi connectivity index (χ4n) is 3.98. The van der Waals surface area contributed by atoms with Crippen LogP contribution in [-0.4, -0.2) is 43.5 Å². The second-order valence-electron chi connectivity index (χ2n) is 8.22.